The summed E-state index contributed by atoms with van der Waals surface area (Å²) in [6, 6.07) is 7.46. The fourth-order valence-electron chi connectivity index (χ4n) is 2.80. The van der Waals surface area contributed by atoms with Gasteiger partial charge in [-0.05, 0) is 55.7 Å². The molecule has 1 aliphatic rings. The Morgan fingerprint density at radius 2 is 1.68 bits per heavy atom. The van der Waals surface area contributed by atoms with Crippen molar-refractivity contribution in [2.75, 3.05) is 0 Å². The molecule has 4 nitrogen and oxygen atoms in total. The van der Waals surface area contributed by atoms with Crippen molar-refractivity contribution in [3.63, 3.8) is 0 Å². The Morgan fingerprint density at radius 1 is 1.14 bits per heavy atom. The Hall–Kier alpha value is -0.620. The van der Waals surface area contributed by atoms with Gasteiger partial charge in [0.15, 0.2) is 0 Å². The highest BCUT2D eigenvalue weighted by atomic mass is 35.5. The number of hydrogen-bond donors (Lipinski definition) is 2. The molecule has 0 atom stereocenters. The van der Waals surface area contributed by atoms with Crippen LogP contribution in [0, 0.1) is 5.92 Å². The summed E-state index contributed by atoms with van der Waals surface area (Å²) < 4.78 is 27.6. The Balaban J connectivity index is 0.00000242. The molecule has 2 rings (SSSR count). The molecule has 126 valence electrons. The van der Waals surface area contributed by atoms with E-state index in [1.165, 1.54) is 5.56 Å². The minimum Gasteiger partial charge on any atom is -0.328 e. The Morgan fingerprint density at radius 3 is 2.18 bits per heavy atom. The Bertz CT molecular complexity index is 550. The molecule has 0 saturated heterocycles. The molecule has 0 heterocycles. The molecule has 1 aliphatic carbocycles. The molecule has 0 aromatic heterocycles. The smallest absolute Gasteiger partial charge is 0.240 e. The number of nitrogens with one attached hydrogen (secondary N) is 1. The molecule has 1 saturated carbocycles. The maximum absolute atomic E-state index is 12.4. The van der Waals surface area contributed by atoms with Gasteiger partial charge in [0.05, 0.1) is 4.90 Å². The Labute approximate surface area is 140 Å². The molecule has 3 N–H and O–H groups in total. The first-order chi connectivity index (χ1) is 9.87. The predicted molar refractivity (Wildman–Crippen MR) is 92.8 cm³/mol. The second-order valence-electron chi connectivity index (χ2n) is 6.47. The van der Waals surface area contributed by atoms with E-state index in [1.54, 1.807) is 12.1 Å². The van der Waals surface area contributed by atoms with Gasteiger partial charge in [-0.3, -0.25) is 0 Å². The van der Waals surface area contributed by atoms with E-state index in [-0.39, 0.29) is 24.5 Å². The van der Waals surface area contributed by atoms with E-state index < -0.39 is 10.0 Å². The van der Waals surface area contributed by atoms with Crippen molar-refractivity contribution in [3.8, 4) is 0 Å². The molecule has 0 bridgehead atoms. The third-order valence-electron chi connectivity index (χ3n) is 3.97. The van der Waals surface area contributed by atoms with Gasteiger partial charge in [-0.25, -0.2) is 13.1 Å². The van der Waals surface area contributed by atoms with Crippen LogP contribution >= 0.6 is 12.4 Å². The molecule has 0 radical (unpaired) electrons. The summed E-state index contributed by atoms with van der Waals surface area (Å²) in [7, 11) is -3.41. The fourth-order valence-corrected chi connectivity index (χ4v) is 4.11. The zero-order valence-electron chi connectivity index (χ0n) is 13.3. The average molecular weight is 347 g/mol. The first-order valence-electron chi connectivity index (χ1n) is 7.73. The molecular formula is C16H27ClN2O2S. The van der Waals surface area contributed by atoms with E-state index in [0.717, 1.165) is 32.1 Å². The number of rotatable bonds is 5. The van der Waals surface area contributed by atoms with E-state index in [0.29, 0.717) is 10.8 Å². The monoisotopic (exact) mass is 346 g/mol. The fraction of sp³-hybridized carbons (Fsp3) is 0.625. The van der Waals surface area contributed by atoms with Crippen LogP contribution in [0.5, 0.6) is 0 Å². The molecule has 1 aromatic rings. The van der Waals surface area contributed by atoms with Gasteiger partial charge in [0, 0.05) is 12.1 Å². The zero-order valence-corrected chi connectivity index (χ0v) is 14.9. The number of nitrogens with two attached hydrogens (primary N) is 1. The van der Waals surface area contributed by atoms with Crippen LogP contribution in [-0.4, -0.2) is 20.5 Å². The molecule has 1 fully saturated rings. The van der Waals surface area contributed by atoms with E-state index in [9.17, 15) is 8.42 Å². The van der Waals surface area contributed by atoms with Crippen LogP contribution in [0.4, 0.5) is 0 Å². The number of hydrogen-bond acceptors (Lipinski definition) is 3. The van der Waals surface area contributed by atoms with Crippen molar-refractivity contribution in [2.24, 2.45) is 11.7 Å². The standard InChI is InChI=1S/C16H26N2O2S.ClH/c1-12(2)11-13-3-9-16(10-4-13)21(19,20)18-15-7-5-14(17)6-8-15;/h3-4,9-10,12,14-15,18H,5-8,11,17H2,1-2H3;1H. The summed E-state index contributed by atoms with van der Waals surface area (Å²) in [5.41, 5.74) is 7.02. The topological polar surface area (TPSA) is 72.2 Å². The lowest BCUT2D eigenvalue weighted by Gasteiger charge is -2.26. The minimum atomic E-state index is -3.41. The van der Waals surface area contributed by atoms with Gasteiger partial charge < -0.3 is 5.73 Å². The van der Waals surface area contributed by atoms with Crippen molar-refractivity contribution in [1.29, 1.82) is 0 Å². The molecular weight excluding hydrogens is 320 g/mol. The third-order valence-corrected chi connectivity index (χ3v) is 5.51. The van der Waals surface area contributed by atoms with Crippen LogP contribution in [0.25, 0.3) is 0 Å². The molecule has 0 unspecified atom stereocenters. The van der Waals surface area contributed by atoms with Crippen LogP contribution in [-0.2, 0) is 16.4 Å². The normalized spacial score (nSPS) is 22.4. The quantitative estimate of drug-likeness (QED) is 0.861. The highest BCUT2D eigenvalue weighted by Gasteiger charge is 2.24. The lowest BCUT2D eigenvalue weighted by atomic mass is 9.93. The maximum Gasteiger partial charge on any atom is 0.240 e. The van der Waals surface area contributed by atoms with Gasteiger partial charge in [-0.2, -0.15) is 0 Å². The second-order valence-corrected chi connectivity index (χ2v) is 8.19. The third kappa shape index (κ3) is 5.54. The van der Waals surface area contributed by atoms with E-state index in [1.807, 2.05) is 12.1 Å². The second kappa shape index (κ2) is 8.29. The van der Waals surface area contributed by atoms with Crippen LogP contribution in [0.3, 0.4) is 0 Å². The highest BCUT2D eigenvalue weighted by Crippen LogP contribution is 2.20. The predicted octanol–water partition coefficient (Wildman–Crippen LogP) is 2.86. The van der Waals surface area contributed by atoms with Crippen LogP contribution in [0.2, 0.25) is 0 Å². The van der Waals surface area contributed by atoms with Crippen molar-refractivity contribution in [2.45, 2.75) is 62.9 Å². The van der Waals surface area contributed by atoms with Crippen LogP contribution in [0.1, 0.15) is 45.1 Å². The van der Waals surface area contributed by atoms with Gasteiger partial charge in [-0.15, -0.1) is 12.4 Å². The van der Waals surface area contributed by atoms with E-state index >= 15 is 0 Å². The largest absolute Gasteiger partial charge is 0.328 e. The summed E-state index contributed by atoms with van der Waals surface area (Å²) in [6.07, 6.45) is 4.40. The number of halogens is 1. The lowest BCUT2D eigenvalue weighted by Crippen LogP contribution is -2.40. The SMILES string of the molecule is CC(C)Cc1ccc(S(=O)(=O)NC2CCC(N)CC2)cc1.Cl. The Kier molecular flexibility index (Phi) is 7.32. The summed E-state index contributed by atoms with van der Waals surface area (Å²) >= 11 is 0. The minimum absolute atomic E-state index is 0. The van der Waals surface area contributed by atoms with Crippen molar-refractivity contribution in [1.82, 2.24) is 4.72 Å². The van der Waals surface area contributed by atoms with Crippen molar-refractivity contribution in [3.05, 3.63) is 29.8 Å². The van der Waals surface area contributed by atoms with Gasteiger partial charge in [-0.1, -0.05) is 26.0 Å². The molecule has 22 heavy (non-hydrogen) atoms. The van der Waals surface area contributed by atoms with Crippen molar-refractivity contribution >= 4 is 22.4 Å². The van der Waals surface area contributed by atoms with Gasteiger partial charge in [0.25, 0.3) is 0 Å². The highest BCUT2D eigenvalue weighted by molar-refractivity contribution is 7.89. The van der Waals surface area contributed by atoms with Crippen LogP contribution in [0.15, 0.2) is 29.2 Å². The number of sulfonamides is 1. The zero-order chi connectivity index (χ0) is 15.5. The summed E-state index contributed by atoms with van der Waals surface area (Å²) in [4.78, 5) is 0.352. The van der Waals surface area contributed by atoms with Gasteiger partial charge >= 0.3 is 0 Å². The van der Waals surface area contributed by atoms with Gasteiger partial charge in [0.2, 0.25) is 10.0 Å². The maximum atomic E-state index is 12.4. The summed E-state index contributed by atoms with van der Waals surface area (Å²) in [5.74, 6) is 0.567. The molecule has 0 aliphatic heterocycles. The van der Waals surface area contributed by atoms with Crippen LogP contribution < -0.4 is 10.5 Å². The molecule has 0 amide bonds. The van der Waals surface area contributed by atoms with Gasteiger partial charge in [0.1, 0.15) is 0 Å². The van der Waals surface area contributed by atoms with Crippen molar-refractivity contribution < 1.29 is 8.42 Å². The molecule has 0 spiro atoms. The first-order valence-corrected chi connectivity index (χ1v) is 9.22. The summed E-state index contributed by atoms with van der Waals surface area (Å²) in [6.45, 7) is 4.31. The van der Waals surface area contributed by atoms with E-state index in [4.69, 9.17) is 5.73 Å². The average Bonchev–Trinajstić information content (AvgIpc) is 2.41. The number of benzene rings is 1. The summed E-state index contributed by atoms with van der Waals surface area (Å²) in [5, 5.41) is 0. The molecule has 6 heteroatoms. The molecule has 1 aromatic carbocycles. The lowest BCUT2D eigenvalue weighted by molar-refractivity contribution is 0.373. The van der Waals surface area contributed by atoms with E-state index in [2.05, 4.69) is 18.6 Å². The first kappa shape index (κ1) is 19.4.